The number of aliphatic hydroxyl groups is 1. The first kappa shape index (κ1) is 21.5. The van der Waals surface area contributed by atoms with Crippen molar-refractivity contribution in [1.82, 2.24) is 15.5 Å². The predicted molar refractivity (Wildman–Crippen MR) is 100.0 cm³/mol. The molecule has 2 rings (SSSR count). The summed E-state index contributed by atoms with van der Waals surface area (Å²) in [7, 11) is 0. The van der Waals surface area contributed by atoms with Crippen molar-refractivity contribution >= 4 is 17.9 Å². The predicted octanol–water partition coefficient (Wildman–Crippen LogP) is 1.31. The lowest BCUT2D eigenvalue weighted by molar-refractivity contribution is -0.133. The summed E-state index contributed by atoms with van der Waals surface area (Å²) < 4.78 is 5.38. The lowest BCUT2D eigenvalue weighted by Gasteiger charge is -2.30. The molecule has 1 unspecified atom stereocenters. The SMILES string of the molecule is CCC[C@@H](NC(=O)[C@@H]1CCCN1C(=O)OC(C)(C)C)C(O)C(=O)NC1CC1. The summed E-state index contributed by atoms with van der Waals surface area (Å²) >= 11 is 0. The van der Waals surface area contributed by atoms with Gasteiger partial charge in [-0.25, -0.2) is 4.79 Å². The lowest BCUT2D eigenvalue weighted by atomic mass is 10.0. The van der Waals surface area contributed by atoms with Gasteiger partial charge in [0.2, 0.25) is 5.91 Å². The van der Waals surface area contributed by atoms with E-state index in [-0.39, 0.29) is 11.9 Å². The number of carbonyl (C=O) groups is 3. The van der Waals surface area contributed by atoms with Gasteiger partial charge in [0.15, 0.2) is 6.10 Å². The van der Waals surface area contributed by atoms with Crippen molar-refractivity contribution in [2.75, 3.05) is 6.54 Å². The van der Waals surface area contributed by atoms with Gasteiger partial charge in [-0.1, -0.05) is 13.3 Å². The van der Waals surface area contributed by atoms with E-state index in [1.54, 1.807) is 20.8 Å². The van der Waals surface area contributed by atoms with Crippen LogP contribution in [0.1, 0.15) is 66.2 Å². The van der Waals surface area contributed by atoms with E-state index in [2.05, 4.69) is 10.6 Å². The number of aliphatic hydroxyl groups excluding tert-OH is 1. The van der Waals surface area contributed by atoms with E-state index < -0.39 is 35.8 Å². The van der Waals surface area contributed by atoms with Gasteiger partial charge in [-0.05, 0) is 52.9 Å². The number of nitrogens with one attached hydrogen (secondary N) is 2. The van der Waals surface area contributed by atoms with E-state index >= 15 is 0 Å². The van der Waals surface area contributed by atoms with Crippen LogP contribution in [-0.4, -0.2) is 64.3 Å². The average molecular weight is 383 g/mol. The van der Waals surface area contributed by atoms with Gasteiger partial charge in [0, 0.05) is 12.6 Å². The Bertz CT molecular complexity index is 556. The summed E-state index contributed by atoms with van der Waals surface area (Å²) in [6.07, 6.45) is 2.47. The fourth-order valence-electron chi connectivity index (χ4n) is 3.17. The van der Waals surface area contributed by atoms with Crippen LogP contribution >= 0.6 is 0 Å². The van der Waals surface area contributed by atoms with E-state index in [1.807, 2.05) is 6.92 Å². The third-order valence-electron chi connectivity index (χ3n) is 4.68. The number of hydrogen-bond acceptors (Lipinski definition) is 5. The van der Waals surface area contributed by atoms with Crippen LogP contribution in [0.3, 0.4) is 0 Å². The highest BCUT2D eigenvalue weighted by molar-refractivity contribution is 5.88. The van der Waals surface area contributed by atoms with Crippen LogP contribution in [0, 0.1) is 0 Å². The van der Waals surface area contributed by atoms with Crippen molar-refractivity contribution < 1.29 is 24.2 Å². The third kappa shape index (κ3) is 6.37. The zero-order valence-corrected chi connectivity index (χ0v) is 16.8. The summed E-state index contributed by atoms with van der Waals surface area (Å²) in [4.78, 5) is 38.7. The number of likely N-dealkylation sites (tertiary alicyclic amines) is 1. The second-order valence-electron chi connectivity index (χ2n) is 8.46. The second-order valence-corrected chi connectivity index (χ2v) is 8.46. The zero-order chi connectivity index (χ0) is 20.2. The Balaban J connectivity index is 1.98. The molecule has 3 atom stereocenters. The highest BCUT2D eigenvalue weighted by Gasteiger charge is 2.39. The van der Waals surface area contributed by atoms with Crippen LogP contribution in [0.5, 0.6) is 0 Å². The van der Waals surface area contributed by atoms with E-state index in [1.165, 1.54) is 4.90 Å². The molecule has 154 valence electrons. The average Bonchev–Trinajstić information content (AvgIpc) is 3.23. The Morgan fingerprint density at radius 1 is 1.22 bits per heavy atom. The Morgan fingerprint density at radius 2 is 1.89 bits per heavy atom. The first-order chi connectivity index (χ1) is 12.6. The number of carbonyl (C=O) groups excluding carboxylic acids is 3. The molecule has 1 heterocycles. The smallest absolute Gasteiger partial charge is 0.410 e. The van der Waals surface area contributed by atoms with Crippen LogP contribution < -0.4 is 10.6 Å². The maximum atomic E-state index is 12.8. The Kier molecular flexibility index (Phi) is 7.08. The number of amides is 3. The van der Waals surface area contributed by atoms with Crippen LogP contribution in [0.2, 0.25) is 0 Å². The van der Waals surface area contributed by atoms with E-state index in [9.17, 15) is 19.5 Å². The molecule has 3 N–H and O–H groups in total. The molecule has 0 aromatic heterocycles. The molecule has 8 heteroatoms. The molecule has 2 aliphatic rings. The molecular formula is C19H33N3O5. The van der Waals surface area contributed by atoms with Crippen LogP contribution in [0.4, 0.5) is 4.79 Å². The zero-order valence-electron chi connectivity index (χ0n) is 16.8. The molecule has 3 amide bonds. The van der Waals surface area contributed by atoms with Gasteiger partial charge >= 0.3 is 6.09 Å². The number of rotatable bonds is 7. The highest BCUT2D eigenvalue weighted by Crippen LogP contribution is 2.22. The van der Waals surface area contributed by atoms with Crippen molar-refractivity contribution in [3.63, 3.8) is 0 Å². The summed E-state index contributed by atoms with van der Waals surface area (Å²) in [5.41, 5.74) is -0.636. The summed E-state index contributed by atoms with van der Waals surface area (Å²) in [6.45, 7) is 7.72. The van der Waals surface area contributed by atoms with Gasteiger partial charge in [0.05, 0.1) is 6.04 Å². The molecule has 2 fully saturated rings. The second kappa shape index (κ2) is 8.91. The van der Waals surface area contributed by atoms with Gasteiger partial charge in [0.1, 0.15) is 11.6 Å². The number of nitrogens with zero attached hydrogens (tertiary/aromatic N) is 1. The molecular weight excluding hydrogens is 350 g/mol. The standard InChI is InChI=1S/C19H33N3O5/c1-5-7-13(15(23)17(25)20-12-9-10-12)21-16(24)14-8-6-11-22(14)18(26)27-19(2,3)4/h12-15,23H,5-11H2,1-4H3,(H,20,25)(H,21,24)/t13-,14+,15?/m1/s1. The molecule has 0 aromatic rings. The van der Waals surface area contributed by atoms with Crippen molar-refractivity contribution in [2.24, 2.45) is 0 Å². The van der Waals surface area contributed by atoms with Gasteiger partial charge < -0.3 is 20.5 Å². The molecule has 0 aromatic carbocycles. The number of ether oxygens (including phenoxy) is 1. The molecule has 1 saturated heterocycles. The normalized spacial score (nSPS) is 22.1. The first-order valence-corrected chi connectivity index (χ1v) is 9.90. The topological polar surface area (TPSA) is 108 Å². The summed E-state index contributed by atoms with van der Waals surface area (Å²) in [6, 6.07) is -1.18. The Morgan fingerprint density at radius 3 is 2.44 bits per heavy atom. The molecule has 0 radical (unpaired) electrons. The minimum Gasteiger partial charge on any atom is -0.444 e. The summed E-state index contributed by atoms with van der Waals surface area (Å²) in [5.74, 6) is -0.804. The largest absolute Gasteiger partial charge is 0.444 e. The Labute approximate surface area is 161 Å². The van der Waals surface area contributed by atoms with E-state index in [4.69, 9.17) is 4.74 Å². The maximum Gasteiger partial charge on any atom is 0.410 e. The van der Waals surface area contributed by atoms with Crippen molar-refractivity contribution in [2.45, 2.75) is 96.1 Å². The van der Waals surface area contributed by atoms with Crippen LogP contribution in [0.25, 0.3) is 0 Å². The van der Waals surface area contributed by atoms with E-state index in [0.29, 0.717) is 32.2 Å². The molecule has 27 heavy (non-hydrogen) atoms. The van der Waals surface area contributed by atoms with Crippen molar-refractivity contribution in [3.8, 4) is 0 Å². The van der Waals surface area contributed by atoms with Gasteiger partial charge in [-0.2, -0.15) is 0 Å². The van der Waals surface area contributed by atoms with Gasteiger partial charge in [-0.15, -0.1) is 0 Å². The number of hydrogen-bond donors (Lipinski definition) is 3. The minimum absolute atomic E-state index is 0.141. The molecule has 1 saturated carbocycles. The molecule has 0 bridgehead atoms. The Hall–Kier alpha value is -1.83. The monoisotopic (exact) mass is 383 g/mol. The fourth-order valence-corrected chi connectivity index (χ4v) is 3.17. The molecule has 0 spiro atoms. The van der Waals surface area contributed by atoms with Crippen LogP contribution in [0.15, 0.2) is 0 Å². The highest BCUT2D eigenvalue weighted by atomic mass is 16.6. The van der Waals surface area contributed by atoms with Gasteiger partial charge in [0.25, 0.3) is 5.91 Å². The lowest BCUT2D eigenvalue weighted by Crippen LogP contribution is -2.55. The quantitative estimate of drug-likeness (QED) is 0.614. The van der Waals surface area contributed by atoms with Crippen LogP contribution in [-0.2, 0) is 14.3 Å². The van der Waals surface area contributed by atoms with E-state index in [0.717, 1.165) is 12.8 Å². The van der Waals surface area contributed by atoms with Crippen molar-refractivity contribution in [3.05, 3.63) is 0 Å². The fraction of sp³-hybridized carbons (Fsp3) is 0.842. The molecule has 1 aliphatic carbocycles. The van der Waals surface area contributed by atoms with Gasteiger partial charge in [-0.3, -0.25) is 14.5 Å². The van der Waals surface area contributed by atoms with Crippen molar-refractivity contribution in [1.29, 1.82) is 0 Å². The maximum absolute atomic E-state index is 12.8. The summed E-state index contributed by atoms with van der Waals surface area (Å²) in [5, 5.41) is 15.9. The minimum atomic E-state index is -1.30. The first-order valence-electron chi connectivity index (χ1n) is 9.90. The molecule has 1 aliphatic heterocycles. The molecule has 8 nitrogen and oxygen atoms in total. The third-order valence-corrected chi connectivity index (χ3v) is 4.68.